The molecule has 96 valence electrons. The third-order valence-electron chi connectivity index (χ3n) is 3.08. The van der Waals surface area contributed by atoms with E-state index < -0.39 is 11.8 Å². The fourth-order valence-corrected chi connectivity index (χ4v) is 2.02. The maximum Gasteiger partial charge on any atom is 0.315 e. The lowest BCUT2D eigenvalue weighted by Crippen LogP contribution is -2.42. The third-order valence-corrected chi connectivity index (χ3v) is 3.08. The first-order valence-electron chi connectivity index (χ1n) is 6.20. The molecule has 1 aromatic rings. The van der Waals surface area contributed by atoms with Crippen molar-refractivity contribution in [1.82, 2.24) is 9.88 Å². The molecule has 0 radical (unpaired) electrons. The van der Waals surface area contributed by atoms with Gasteiger partial charge in [0.1, 0.15) is 5.82 Å². The summed E-state index contributed by atoms with van der Waals surface area (Å²) in [7, 11) is 0. The van der Waals surface area contributed by atoms with Crippen LogP contribution in [0.3, 0.4) is 0 Å². The molecule has 0 atom stereocenters. The van der Waals surface area contributed by atoms with E-state index in [1.54, 1.807) is 17.2 Å². The molecular weight excluding hydrogens is 230 g/mol. The standard InChI is InChI=1S/C13H17N3O2/c1-10-6-5-7-14-11(10)15-12(17)13(18)16-8-3-2-4-9-16/h5-7H,2-4,8-9H2,1H3,(H,14,15,17). The number of hydrogen-bond donors (Lipinski definition) is 1. The van der Waals surface area contributed by atoms with Crippen LogP contribution in [0.15, 0.2) is 18.3 Å². The minimum atomic E-state index is -0.598. The molecule has 2 rings (SSSR count). The van der Waals surface area contributed by atoms with E-state index in [4.69, 9.17) is 0 Å². The van der Waals surface area contributed by atoms with E-state index in [0.717, 1.165) is 24.8 Å². The van der Waals surface area contributed by atoms with Crippen molar-refractivity contribution in [2.24, 2.45) is 0 Å². The van der Waals surface area contributed by atoms with Crippen molar-refractivity contribution in [3.05, 3.63) is 23.9 Å². The molecule has 0 bridgehead atoms. The number of aryl methyl sites for hydroxylation is 1. The van der Waals surface area contributed by atoms with Gasteiger partial charge in [0.05, 0.1) is 0 Å². The second-order valence-electron chi connectivity index (χ2n) is 4.48. The highest BCUT2D eigenvalue weighted by atomic mass is 16.2. The predicted molar refractivity (Wildman–Crippen MR) is 68.0 cm³/mol. The summed E-state index contributed by atoms with van der Waals surface area (Å²) in [5.41, 5.74) is 0.845. The fraction of sp³-hybridized carbons (Fsp3) is 0.462. The molecular formula is C13H17N3O2. The summed E-state index contributed by atoms with van der Waals surface area (Å²) in [6.45, 7) is 3.19. The second-order valence-corrected chi connectivity index (χ2v) is 4.48. The number of likely N-dealkylation sites (tertiary alicyclic amines) is 1. The van der Waals surface area contributed by atoms with Crippen LogP contribution in [0.5, 0.6) is 0 Å². The summed E-state index contributed by atoms with van der Waals surface area (Å²) >= 11 is 0. The number of aromatic nitrogens is 1. The summed E-state index contributed by atoms with van der Waals surface area (Å²) in [5.74, 6) is -0.605. The molecule has 2 amide bonds. The van der Waals surface area contributed by atoms with E-state index in [0.29, 0.717) is 18.9 Å². The Morgan fingerprint density at radius 1 is 1.28 bits per heavy atom. The zero-order chi connectivity index (χ0) is 13.0. The van der Waals surface area contributed by atoms with Crippen molar-refractivity contribution < 1.29 is 9.59 Å². The van der Waals surface area contributed by atoms with E-state index >= 15 is 0 Å². The number of piperidine rings is 1. The van der Waals surface area contributed by atoms with E-state index in [1.165, 1.54) is 0 Å². The van der Waals surface area contributed by atoms with Gasteiger partial charge in [0.25, 0.3) is 0 Å². The SMILES string of the molecule is Cc1cccnc1NC(=O)C(=O)N1CCCCC1. The van der Waals surface area contributed by atoms with E-state index in [9.17, 15) is 9.59 Å². The molecule has 1 saturated heterocycles. The van der Waals surface area contributed by atoms with Crippen molar-refractivity contribution in [3.63, 3.8) is 0 Å². The molecule has 0 unspecified atom stereocenters. The summed E-state index contributed by atoms with van der Waals surface area (Å²) in [6, 6.07) is 3.63. The van der Waals surface area contributed by atoms with Crippen LogP contribution in [-0.4, -0.2) is 34.8 Å². The molecule has 5 heteroatoms. The lowest BCUT2D eigenvalue weighted by Gasteiger charge is -2.25. The van der Waals surface area contributed by atoms with E-state index in [-0.39, 0.29) is 0 Å². The molecule has 5 nitrogen and oxygen atoms in total. The van der Waals surface area contributed by atoms with Crippen LogP contribution < -0.4 is 5.32 Å². The smallest absolute Gasteiger partial charge is 0.315 e. The van der Waals surface area contributed by atoms with Gasteiger partial charge in [-0.15, -0.1) is 0 Å². The molecule has 0 aliphatic carbocycles. The molecule has 1 aromatic heterocycles. The van der Waals surface area contributed by atoms with E-state index in [1.807, 2.05) is 13.0 Å². The average Bonchev–Trinajstić information content (AvgIpc) is 2.41. The van der Waals surface area contributed by atoms with Crippen LogP contribution in [0.25, 0.3) is 0 Å². The van der Waals surface area contributed by atoms with Gasteiger partial charge >= 0.3 is 11.8 Å². The monoisotopic (exact) mass is 247 g/mol. The number of carbonyl (C=O) groups excluding carboxylic acids is 2. The van der Waals surface area contributed by atoms with Gasteiger partial charge in [-0.2, -0.15) is 0 Å². The zero-order valence-corrected chi connectivity index (χ0v) is 10.5. The highest BCUT2D eigenvalue weighted by Gasteiger charge is 2.23. The van der Waals surface area contributed by atoms with Crippen molar-refractivity contribution in [2.75, 3.05) is 18.4 Å². The number of pyridine rings is 1. The number of amides is 2. The molecule has 18 heavy (non-hydrogen) atoms. The van der Waals surface area contributed by atoms with Crippen LogP contribution in [0.2, 0.25) is 0 Å². The summed E-state index contributed by atoms with van der Waals surface area (Å²) < 4.78 is 0. The minimum Gasteiger partial charge on any atom is -0.334 e. The van der Waals surface area contributed by atoms with Crippen molar-refractivity contribution in [1.29, 1.82) is 0 Å². The molecule has 1 aliphatic heterocycles. The lowest BCUT2D eigenvalue weighted by molar-refractivity contribution is -0.143. The Balaban J connectivity index is 1.99. The first-order valence-corrected chi connectivity index (χ1v) is 6.20. The van der Waals surface area contributed by atoms with E-state index in [2.05, 4.69) is 10.3 Å². The highest BCUT2D eigenvalue weighted by Crippen LogP contribution is 2.11. The van der Waals surface area contributed by atoms with Crippen molar-refractivity contribution in [2.45, 2.75) is 26.2 Å². The molecule has 0 saturated carbocycles. The van der Waals surface area contributed by atoms with Crippen molar-refractivity contribution >= 4 is 17.6 Å². The van der Waals surface area contributed by atoms with Crippen LogP contribution in [0, 0.1) is 6.92 Å². The molecule has 1 aliphatic rings. The topological polar surface area (TPSA) is 62.3 Å². The Labute approximate surface area is 106 Å². The number of rotatable bonds is 1. The van der Waals surface area contributed by atoms with Crippen LogP contribution in [0.1, 0.15) is 24.8 Å². The molecule has 1 N–H and O–H groups in total. The molecule has 0 aromatic carbocycles. The first-order chi connectivity index (χ1) is 8.68. The van der Waals surface area contributed by atoms with Crippen LogP contribution >= 0.6 is 0 Å². The normalized spacial score (nSPS) is 15.3. The van der Waals surface area contributed by atoms with Crippen LogP contribution in [-0.2, 0) is 9.59 Å². The van der Waals surface area contributed by atoms with Gasteiger partial charge in [-0.05, 0) is 37.8 Å². The van der Waals surface area contributed by atoms with Gasteiger partial charge in [-0.25, -0.2) is 4.98 Å². The fourth-order valence-electron chi connectivity index (χ4n) is 2.02. The quantitative estimate of drug-likeness (QED) is 0.762. The van der Waals surface area contributed by atoms with Crippen molar-refractivity contribution in [3.8, 4) is 0 Å². The highest BCUT2D eigenvalue weighted by molar-refractivity contribution is 6.39. The summed E-state index contributed by atoms with van der Waals surface area (Å²) in [5, 5.41) is 2.57. The zero-order valence-electron chi connectivity index (χ0n) is 10.5. The van der Waals surface area contributed by atoms with Gasteiger partial charge in [0, 0.05) is 19.3 Å². The number of hydrogen-bond acceptors (Lipinski definition) is 3. The Morgan fingerprint density at radius 2 is 2.00 bits per heavy atom. The predicted octanol–water partition coefficient (Wildman–Crippen LogP) is 1.34. The summed E-state index contributed by atoms with van der Waals surface area (Å²) in [4.78, 5) is 29.4. The largest absolute Gasteiger partial charge is 0.334 e. The number of anilines is 1. The number of carbonyl (C=O) groups is 2. The Morgan fingerprint density at radius 3 is 2.67 bits per heavy atom. The maximum absolute atomic E-state index is 11.9. The minimum absolute atomic E-state index is 0.452. The molecule has 2 heterocycles. The maximum atomic E-state index is 11.9. The van der Waals surface area contributed by atoms with Gasteiger partial charge in [0.2, 0.25) is 0 Å². The van der Waals surface area contributed by atoms with Gasteiger partial charge in [-0.3, -0.25) is 9.59 Å². The lowest BCUT2D eigenvalue weighted by atomic mass is 10.1. The summed E-state index contributed by atoms with van der Waals surface area (Å²) in [6.07, 6.45) is 4.67. The second kappa shape index (κ2) is 5.62. The molecule has 0 spiro atoms. The average molecular weight is 247 g/mol. The Bertz CT molecular complexity index is 453. The van der Waals surface area contributed by atoms with Crippen LogP contribution in [0.4, 0.5) is 5.82 Å². The van der Waals surface area contributed by atoms with Gasteiger partial charge < -0.3 is 10.2 Å². The Hall–Kier alpha value is -1.91. The first kappa shape index (κ1) is 12.5. The third kappa shape index (κ3) is 2.85. The van der Waals surface area contributed by atoms with Gasteiger partial charge in [0.15, 0.2) is 0 Å². The Kier molecular flexibility index (Phi) is 3.92. The number of nitrogens with one attached hydrogen (secondary N) is 1. The van der Waals surface area contributed by atoms with Gasteiger partial charge in [-0.1, -0.05) is 6.07 Å². The number of nitrogens with zero attached hydrogens (tertiary/aromatic N) is 2. The molecule has 1 fully saturated rings.